The number of pyridine rings is 1. The van der Waals surface area contributed by atoms with E-state index in [4.69, 9.17) is 4.74 Å². The average molecular weight is 325 g/mol. The Bertz CT molecular complexity index is 657. The molecule has 0 atom stereocenters. The van der Waals surface area contributed by atoms with Crippen molar-refractivity contribution in [3.05, 3.63) is 59.9 Å². The summed E-state index contributed by atoms with van der Waals surface area (Å²) in [5.74, 6) is 0.477. The van der Waals surface area contributed by atoms with Gasteiger partial charge >= 0.3 is 0 Å². The molecule has 0 bridgehead atoms. The number of hydrogen-bond acceptors (Lipinski definition) is 4. The molecule has 1 aromatic heterocycles. The fraction of sp³-hybridized carbons (Fsp3) is 0.316. The summed E-state index contributed by atoms with van der Waals surface area (Å²) in [6.45, 7) is 2.87. The number of ether oxygens (including phenoxy) is 1. The first-order valence-corrected chi connectivity index (χ1v) is 8.26. The van der Waals surface area contributed by atoms with E-state index in [-0.39, 0.29) is 5.91 Å². The molecule has 0 unspecified atom stereocenters. The van der Waals surface area contributed by atoms with E-state index in [0.29, 0.717) is 12.2 Å². The van der Waals surface area contributed by atoms with Gasteiger partial charge in [-0.05, 0) is 30.7 Å². The molecule has 0 spiro atoms. The van der Waals surface area contributed by atoms with Gasteiger partial charge in [-0.25, -0.2) is 5.43 Å². The number of rotatable bonds is 9. The molecule has 1 amide bonds. The molecule has 24 heavy (non-hydrogen) atoms. The van der Waals surface area contributed by atoms with Gasteiger partial charge in [0.15, 0.2) is 0 Å². The summed E-state index contributed by atoms with van der Waals surface area (Å²) in [7, 11) is 0. The summed E-state index contributed by atoms with van der Waals surface area (Å²) in [6.07, 6.45) is 9.36. The lowest BCUT2D eigenvalue weighted by Gasteiger charge is -2.08. The zero-order valence-electron chi connectivity index (χ0n) is 13.9. The number of nitrogens with one attached hydrogen (secondary N) is 1. The molecule has 0 saturated heterocycles. The molecule has 2 rings (SSSR count). The van der Waals surface area contributed by atoms with Crippen LogP contribution >= 0.6 is 0 Å². The number of carbonyl (C=O) groups is 1. The van der Waals surface area contributed by atoms with Gasteiger partial charge in [-0.2, -0.15) is 5.10 Å². The van der Waals surface area contributed by atoms with E-state index in [1.807, 2.05) is 24.3 Å². The van der Waals surface area contributed by atoms with Gasteiger partial charge in [0, 0.05) is 18.0 Å². The Morgan fingerprint density at radius 2 is 2.08 bits per heavy atom. The van der Waals surface area contributed by atoms with Crippen molar-refractivity contribution >= 4 is 12.1 Å². The predicted octanol–water partition coefficient (Wildman–Crippen LogP) is 3.80. The third-order valence-electron chi connectivity index (χ3n) is 3.47. The van der Waals surface area contributed by atoms with Crippen LogP contribution in [0.25, 0.3) is 0 Å². The van der Waals surface area contributed by atoms with Crippen LogP contribution < -0.4 is 10.2 Å². The largest absolute Gasteiger partial charge is 0.493 e. The summed E-state index contributed by atoms with van der Waals surface area (Å²) in [6, 6.07) is 11.0. The summed E-state index contributed by atoms with van der Waals surface area (Å²) in [5, 5.41) is 4.00. The molecule has 0 radical (unpaired) electrons. The van der Waals surface area contributed by atoms with Crippen molar-refractivity contribution in [2.24, 2.45) is 5.10 Å². The molecule has 0 aliphatic carbocycles. The van der Waals surface area contributed by atoms with Gasteiger partial charge in [-0.1, -0.05) is 38.3 Å². The molecule has 1 heterocycles. The van der Waals surface area contributed by atoms with Crippen molar-refractivity contribution < 1.29 is 9.53 Å². The maximum absolute atomic E-state index is 11.9. The monoisotopic (exact) mass is 325 g/mol. The highest BCUT2D eigenvalue weighted by molar-refractivity contribution is 5.94. The van der Waals surface area contributed by atoms with E-state index in [0.717, 1.165) is 17.7 Å². The van der Waals surface area contributed by atoms with Gasteiger partial charge in [-0.15, -0.1) is 0 Å². The fourth-order valence-electron chi connectivity index (χ4n) is 2.15. The van der Waals surface area contributed by atoms with E-state index in [2.05, 4.69) is 22.4 Å². The molecule has 0 saturated carbocycles. The second-order valence-corrected chi connectivity index (χ2v) is 5.39. The Labute approximate surface area is 142 Å². The number of para-hydroxylation sites is 1. The van der Waals surface area contributed by atoms with Crippen LogP contribution in [-0.4, -0.2) is 23.7 Å². The number of unbranched alkanes of at least 4 members (excludes halogenated alkanes) is 3. The molecule has 0 aliphatic heterocycles. The van der Waals surface area contributed by atoms with Crippen molar-refractivity contribution in [3.63, 3.8) is 0 Å². The van der Waals surface area contributed by atoms with Crippen LogP contribution in [0.1, 0.15) is 48.5 Å². The van der Waals surface area contributed by atoms with Crippen LogP contribution in [0.2, 0.25) is 0 Å². The maximum Gasteiger partial charge on any atom is 0.272 e. The topological polar surface area (TPSA) is 63.6 Å². The van der Waals surface area contributed by atoms with Crippen LogP contribution in [-0.2, 0) is 0 Å². The molecule has 1 aromatic carbocycles. The average Bonchev–Trinajstić information content (AvgIpc) is 2.63. The Kier molecular flexibility index (Phi) is 7.47. The number of carbonyl (C=O) groups excluding carboxylic acids is 1. The second kappa shape index (κ2) is 10.2. The molecule has 1 N–H and O–H groups in total. The van der Waals surface area contributed by atoms with Crippen molar-refractivity contribution in [1.82, 2.24) is 10.4 Å². The van der Waals surface area contributed by atoms with E-state index < -0.39 is 0 Å². The quantitative estimate of drug-likeness (QED) is 0.433. The van der Waals surface area contributed by atoms with Gasteiger partial charge in [0.25, 0.3) is 5.91 Å². The number of aromatic nitrogens is 1. The van der Waals surface area contributed by atoms with Crippen LogP contribution in [0.5, 0.6) is 5.75 Å². The predicted molar refractivity (Wildman–Crippen MR) is 95.4 cm³/mol. The van der Waals surface area contributed by atoms with E-state index >= 15 is 0 Å². The first-order chi connectivity index (χ1) is 11.8. The lowest BCUT2D eigenvalue weighted by atomic mass is 10.2. The molecule has 0 fully saturated rings. The van der Waals surface area contributed by atoms with Gasteiger partial charge in [0.1, 0.15) is 5.75 Å². The smallest absolute Gasteiger partial charge is 0.272 e. The molecular weight excluding hydrogens is 302 g/mol. The first-order valence-electron chi connectivity index (χ1n) is 8.26. The van der Waals surface area contributed by atoms with Gasteiger partial charge in [-0.3, -0.25) is 9.78 Å². The van der Waals surface area contributed by atoms with Crippen LogP contribution in [0.3, 0.4) is 0 Å². The highest BCUT2D eigenvalue weighted by Gasteiger charge is 2.04. The third kappa shape index (κ3) is 5.83. The van der Waals surface area contributed by atoms with Gasteiger partial charge in [0.05, 0.1) is 18.4 Å². The van der Waals surface area contributed by atoms with Crippen molar-refractivity contribution in [2.75, 3.05) is 6.61 Å². The first kappa shape index (κ1) is 17.7. The summed E-state index contributed by atoms with van der Waals surface area (Å²) < 4.78 is 5.81. The fourth-order valence-corrected chi connectivity index (χ4v) is 2.15. The maximum atomic E-state index is 11.9. The normalized spacial score (nSPS) is 10.7. The number of amides is 1. The zero-order chi connectivity index (χ0) is 17.0. The lowest BCUT2D eigenvalue weighted by molar-refractivity contribution is 0.0954. The van der Waals surface area contributed by atoms with Crippen molar-refractivity contribution in [3.8, 4) is 5.75 Å². The number of hydrazone groups is 1. The minimum absolute atomic E-state index is 0.294. The van der Waals surface area contributed by atoms with Crippen LogP contribution in [0, 0.1) is 0 Å². The molecule has 126 valence electrons. The number of hydrogen-bond donors (Lipinski definition) is 1. The molecule has 0 aliphatic rings. The number of benzene rings is 1. The zero-order valence-corrected chi connectivity index (χ0v) is 13.9. The Balaban J connectivity index is 1.88. The Hall–Kier alpha value is -2.69. The Morgan fingerprint density at radius 3 is 2.88 bits per heavy atom. The van der Waals surface area contributed by atoms with E-state index in [9.17, 15) is 4.79 Å². The van der Waals surface area contributed by atoms with E-state index in [1.54, 1.807) is 24.5 Å². The van der Waals surface area contributed by atoms with Crippen LogP contribution in [0.15, 0.2) is 53.9 Å². The summed E-state index contributed by atoms with van der Waals surface area (Å²) >= 11 is 0. The Morgan fingerprint density at radius 1 is 1.21 bits per heavy atom. The standard InChI is InChI=1S/C19H23N3O2/c1-2-3-4-7-13-24-18-11-6-5-9-16(18)15-21-22-19(23)17-10-8-12-20-14-17/h5-6,8-12,14-15H,2-4,7,13H2,1H3,(H,22,23)/b21-15-. The molecular formula is C19H23N3O2. The summed E-state index contributed by atoms with van der Waals surface area (Å²) in [4.78, 5) is 15.8. The van der Waals surface area contributed by atoms with Crippen LogP contribution in [0.4, 0.5) is 0 Å². The summed E-state index contributed by atoms with van der Waals surface area (Å²) in [5.41, 5.74) is 3.79. The third-order valence-corrected chi connectivity index (χ3v) is 3.47. The van der Waals surface area contributed by atoms with Crippen molar-refractivity contribution in [1.29, 1.82) is 0 Å². The van der Waals surface area contributed by atoms with Gasteiger partial charge < -0.3 is 4.74 Å². The highest BCUT2D eigenvalue weighted by Crippen LogP contribution is 2.16. The molecule has 5 heteroatoms. The minimum Gasteiger partial charge on any atom is -0.493 e. The van der Waals surface area contributed by atoms with E-state index in [1.165, 1.54) is 25.5 Å². The van der Waals surface area contributed by atoms with Crippen molar-refractivity contribution in [2.45, 2.75) is 32.6 Å². The molecule has 5 nitrogen and oxygen atoms in total. The minimum atomic E-state index is -0.294. The second-order valence-electron chi connectivity index (χ2n) is 5.39. The molecule has 2 aromatic rings. The number of nitrogens with zero attached hydrogens (tertiary/aromatic N) is 2. The SMILES string of the molecule is CCCCCCOc1ccccc1/C=N\NC(=O)c1cccnc1. The highest BCUT2D eigenvalue weighted by atomic mass is 16.5. The lowest BCUT2D eigenvalue weighted by Crippen LogP contribution is -2.17. The van der Waals surface area contributed by atoms with Gasteiger partial charge in [0.2, 0.25) is 0 Å².